The van der Waals surface area contributed by atoms with Gasteiger partial charge in [-0.05, 0) is 12.1 Å². The highest BCUT2D eigenvalue weighted by Gasteiger charge is 2.18. The van der Waals surface area contributed by atoms with Gasteiger partial charge in [-0.2, -0.15) is 0 Å². The molecule has 0 saturated carbocycles. The Kier molecular flexibility index (Phi) is 6.53. The first-order valence-corrected chi connectivity index (χ1v) is 10.0. The maximum absolute atomic E-state index is 12.7. The number of pyridine rings is 2. The molecule has 2 aromatic rings. The van der Waals surface area contributed by atoms with Crippen LogP contribution in [0.2, 0.25) is 0 Å². The number of aromatic nitrogens is 2. The molecule has 1 N–H and O–H groups in total. The molecular weight excluding hydrogens is 372 g/mol. The summed E-state index contributed by atoms with van der Waals surface area (Å²) < 4.78 is 16.7. The first-order chi connectivity index (χ1) is 14.3. The molecule has 1 amide bonds. The topological polar surface area (TPSA) is 85.8 Å². The van der Waals surface area contributed by atoms with Crippen LogP contribution in [0.3, 0.4) is 0 Å². The minimum Gasteiger partial charge on any atom is -0.474 e. The zero-order chi connectivity index (χ0) is 19.9. The third-order valence-electron chi connectivity index (χ3n) is 5.07. The number of rotatable bonds is 6. The van der Waals surface area contributed by atoms with Crippen LogP contribution in [0, 0.1) is 0 Å². The predicted molar refractivity (Wildman–Crippen MR) is 107 cm³/mol. The highest BCUT2D eigenvalue weighted by atomic mass is 16.5. The van der Waals surface area contributed by atoms with Gasteiger partial charge in [-0.1, -0.05) is 6.07 Å². The standard InChI is InChI=1S/C21H26N4O4/c26-21(16-3-7-22-19(14-16)29-18-4-10-27-11-5-18)24-15-17-2-1-6-23-20(17)25-8-12-28-13-9-25/h1-3,6-7,14,18H,4-5,8-13,15H2,(H,24,26). The van der Waals surface area contributed by atoms with Gasteiger partial charge in [0, 0.05) is 62.1 Å². The maximum atomic E-state index is 12.7. The second-order valence-electron chi connectivity index (χ2n) is 7.08. The van der Waals surface area contributed by atoms with Crippen LogP contribution in [0.4, 0.5) is 5.82 Å². The van der Waals surface area contributed by atoms with Crippen LogP contribution < -0.4 is 15.0 Å². The van der Waals surface area contributed by atoms with Crippen LogP contribution in [-0.2, 0) is 16.0 Å². The first-order valence-electron chi connectivity index (χ1n) is 10.0. The monoisotopic (exact) mass is 398 g/mol. The smallest absolute Gasteiger partial charge is 0.251 e. The van der Waals surface area contributed by atoms with Crippen LogP contribution in [0.15, 0.2) is 36.7 Å². The summed E-state index contributed by atoms with van der Waals surface area (Å²) in [5.74, 6) is 1.20. The molecule has 2 aliphatic heterocycles. The lowest BCUT2D eigenvalue weighted by atomic mass is 10.1. The number of morpholine rings is 1. The number of nitrogens with one attached hydrogen (secondary N) is 1. The van der Waals surface area contributed by atoms with Gasteiger partial charge in [0.1, 0.15) is 11.9 Å². The van der Waals surface area contributed by atoms with E-state index >= 15 is 0 Å². The minimum atomic E-state index is -0.166. The molecule has 4 heterocycles. The lowest BCUT2D eigenvalue weighted by Gasteiger charge is -2.29. The number of nitrogens with zero attached hydrogens (tertiary/aromatic N) is 3. The van der Waals surface area contributed by atoms with Crippen LogP contribution in [-0.4, -0.2) is 61.5 Å². The number of amides is 1. The molecule has 0 aliphatic carbocycles. The minimum absolute atomic E-state index is 0.0843. The average molecular weight is 398 g/mol. The van der Waals surface area contributed by atoms with E-state index in [2.05, 4.69) is 20.2 Å². The van der Waals surface area contributed by atoms with Gasteiger partial charge in [0.25, 0.3) is 5.91 Å². The summed E-state index contributed by atoms with van der Waals surface area (Å²) in [6.07, 6.45) is 5.14. The van der Waals surface area contributed by atoms with Crippen molar-refractivity contribution in [3.63, 3.8) is 0 Å². The van der Waals surface area contributed by atoms with E-state index in [1.54, 1.807) is 24.5 Å². The SMILES string of the molecule is O=C(NCc1cccnc1N1CCOCC1)c1ccnc(OC2CCOCC2)c1. The molecule has 4 rings (SSSR count). The Morgan fingerprint density at radius 1 is 1.10 bits per heavy atom. The largest absolute Gasteiger partial charge is 0.474 e. The van der Waals surface area contributed by atoms with E-state index in [-0.39, 0.29) is 12.0 Å². The summed E-state index contributed by atoms with van der Waals surface area (Å²) in [4.78, 5) is 23.6. The van der Waals surface area contributed by atoms with Crippen molar-refractivity contribution in [2.24, 2.45) is 0 Å². The van der Waals surface area contributed by atoms with Crippen LogP contribution in [0.5, 0.6) is 5.88 Å². The molecule has 2 fully saturated rings. The van der Waals surface area contributed by atoms with E-state index in [1.807, 2.05) is 12.1 Å². The fourth-order valence-electron chi connectivity index (χ4n) is 3.49. The van der Waals surface area contributed by atoms with Gasteiger partial charge in [0.05, 0.1) is 26.4 Å². The van der Waals surface area contributed by atoms with Crippen molar-refractivity contribution in [1.82, 2.24) is 15.3 Å². The third-order valence-corrected chi connectivity index (χ3v) is 5.07. The molecule has 8 heteroatoms. The lowest BCUT2D eigenvalue weighted by Crippen LogP contribution is -2.37. The van der Waals surface area contributed by atoms with Gasteiger partial charge in [0.2, 0.25) is 5.88 Å². The van der Waals surface area contributed by atoms with Crippen molar-refractivity contribution in [3.8, 4) is 5.88 Å². The van der Waals surface area contributed by atoms with Crippen molar-refractivity contribution < 1.29 is 19.0 Å². The normalized spacial score (nSPS) is 17.7. The molecule has 8 nitrogen and oxygen atoms in total. The van der Waals surface area contributed by atoms with Gasteiger partial charge in [-0.15, -0.1) is 0 Å². The van der Waals surface area contributed by atoms with E-state index in [9.17, 15) is 4.79 Å². The maximum Gasteiger partial charge on any atom is 0.251 e. The molecule has 0 radical (unpaired) electrons. The van der Waals surface area contributed by atoms with Crippen molar-refractivity contribution >= 4 is 11.7 Å². The summed E-state index contributed by atoms with van der Waals surface area (Å²) in [7, 11) is 0. The molecule has 2 saturated heterocycles. The Morgan fingerprint density at radius 3 is 2.72 bits per heavy atom. The zero-order valence-electron chi connectivity index (χ0n) is 16.4. The quantitative estimate of drug-likeness (QED) is 0.794. The van der Waals surface area contributed by atoms with E-state index in [4.69, 9.17) is 14.2 Å². The second-order valence-corrected chi connectivity index (χ2v) is 7.08. The molecular formula is C21H26N4O4. The number of anilines is 1. The fourth-order valence-corrected chi connectivity index (χ4v) is 3.49. The number of carbonyl (C=O) groups is 1. The number of ether oxygens (including phenoxy) is 3. The predicted octanol–water partition coefficient (Wildman–Crippen LogP) is 1.80. The highest BCUT2D eigenvalue weighted by molar-refractivity contribution is 5.94. The van der Waals surface area contributed by atoms with Gasteiger partial charge in [0.15, 0.2) is 0 Å². The van der Waals surface area contributed by atoms with Crippen molar-refractivity contribution in [2.75, 3.05) is 44.4 Å². The van der Waals surface area contributed by atoms with Crippen molar-refractivity contribution in [1.29, 1.82) is 0 Å². The summed E-state index contributed by atoms with van der Waals surface area (Å²) in [6, 6.07) is 7.26. The van der Waals surface area contributed by atoms with Crippen molar-refractivity contribution in [2.45, 2.75) is 25.5 Å². The molecule has 0 bridgehead atoms. The molecule has 0 aromatic carbocycles. The Morgan fingerprint density at radius 2 is 1.90 bits per heavy atom. The van der Waals surface area contributed by atoms with E-state index < -0.39 is 0 Å². The second kappa shape index (κ2) is 9.67. The summed E-state index contributed by atoms with van der Waals surface area (Å²) in [6.45, 7) is 4.77. The van der Waals surface area contributed by atoms with Gasteiger partial charge in [-0.25, -0.2) is 9.97 Å². The van der Waals surface area contributed by atoms with Gasteiger partial charge in [-0.3, -0.25) is 4.79 Å². The van der Waals surface area contributed by atoms with E-state index in [1.165, 1.54) is 0 Å². The molecule has 2 aliphatic rings. The molecule has 154 valence electrons. The van der Waals surface area contributed by atoms with Gasteiger partial charge < -0.3 is 24.4 Å². The van der Waals surface area contributed by atoms with Gasteiger partial charge >= 0.3 is 0 Å². The Hall–Kier alpha value is -2.71. The molecule has 29 heavy (non-hydrogen) atoms. The summed E-state index contributed by atoms with van der Waals surface area (Å²) in [5.41, 5.74) is 1.51. The fraction of sp³-hybridized carbons (Fsp3) is 0.476. The Balaban J connectivity index is 1.38. The number of hydrogen-bond donors (Lipinski definition) is 1. The highest BCUT2D eigenvalue weighted by Crippen LogP contribution is 2.19. The average Bonchev–Trinajstić information content (AvgIpc) is 2.79. The summed E-state index contributed by atoms with van der Waals surface area (Å²) >= 11 is 0. The lowest BCUT2D eigenvalue weighted by molar-refractivity contribution is 0.0237. The zero-order valence-corrected chi connectivity index (χ0v) is 16.4. The number of hydrogen-bond acceptors (Lipinski definition) is 7. The third kappa shape index (κ3) is 5.21. The molecule has 2 aromatic heterocycles. The van der Waals surface area contributed by atoms with Crippen molar-refractivity contribution in [3.05, 3.63) is 47.8 Å². The van der Waals surface area contributed by atoms with E-state index in [0.717, 1.165) is 37.3 Å². The van der Waals surface area contributed by atoms with Crippen LogP contribution in [0.1, 0.15) is 28.8 Å². The molecule has 0 unspecified atom stereocenters. The van der Waals surface area contributed by atoms with E-state index in [0.29, 0.717) is 44.4 Å². The molecule has 0 atom stereocenters. The van der Waals surface area contributed by atoms with Crippen LogP contribution in [0.25, 0.3) is 0 Å². The summed E-state index contributed by atoms with van der Waals surface area (Å²) in [5, 5.41) is 2.99. The Labute approximate surface area is 170 Å². The molecule has 0 spiro atoms. The first kappa shape index (κ1) is 19.6. The van der Waals surface area contributed by atoms with Crippen LogP contribution >= 0.6 is 0 Å². The Bertz CT molecular complexity index is 820. The number of carbonyl (C=O) groups excluding carboxylic acids is 1.